The molecule has 0 bridgehead atoms. The van der Waals surface area contributed by atoms with Crippen molar-refractivity contribution in [3.05, 3.63) is 23.2 Å². The Bertz CT molecular complexity index is 437. The van der Waals surface area contributed by atoms with Gasteiger partial charge in [-0.25, -0.2) is 0 Å². The third-order valence-electron chi connectivity index (χ3n) is 2.98. The average molecular weight is 255 g/mol. The number of hydrogen-bond acceptors (Lipinski definition) is 3. The Balaban J connectivity index is 2.05. The first-order valence-corrected chi connectivity index (χ1v) is 5.93. The molecule has 1 amide bonds. The summed E-state index contributed by atoms with van der Waals surface area (Å²) in [6.07, 6.45) is 0.731. The zero-order valence-corrected chi connectivity index (χ0v) is 10.3. The molecule has 92 valence electrons. The molecule has 17 heavy (non-hydrogen) atoms. The fraction of sp³-hybridized carbons (Fsp3) is 0.417. The highest BCUT2D eigenvalue weighted by molar-refractivity contribution is 6.33. The van der Waals surface area contributed by atoms with Gasteiger partial charge in [0.2, 0.25) is 5.91 Å². The van der Waals surface area contributed by atoms with Crippen LogP contribution in [0.1, 0.15) is 13.3 Å². The Hall–Kier alpha value is -1.26. The molecule has 0 spiro atoms. The molecule has 1 aliphatic heterocycles. The van der Waals surface area contributed by atoms with Crippen LogP contribution in [-0.2, 0) is 9.53 Å². The zero-order chi connectivity index (χ0) is 12.4. The topological polar surface area (TPSA) is 64.3 Å². The van der Waals surface area contributed by atoms with E-state index in [4.69, 9.17) is 22.1 Å². The standard InChI is InChI=1S/C12H15ClN2O2/c1-7-9(4-5-17-7)12(16)15-8-2-3-11(14)10(13)6-8/h2-3,6-7,9H,4-5,14H2,1H3,(H,15,16). The van der Waals surface area contributed by atoms with Gasteiger partial charge >= 0.3 is 0 Å². The van der Waals surface area contributed by atoms with Gasteiger partial charge in [0, 0.05) is 12.3 Å². The summed E-state index contributed by atoms with van der Waals surface area (Å²) < 4.78 is 5.36. The number of benzene rings is 1. The molecule has 2 rings (SSSR count). The van der Waals surface area contributed by atoms with Gasteiger partial charge in [-0.3, -0.25) is 4.79 Å². The smallest absolute Gasteiger partial charge is 0.230 e. The molecular formula is C12H15ClN2O2. The summed E-state index contributed by atoms with van der Waals surface area (Å²) in [5.74, 6) is -0.123. The number of anilines is 2. The maximum Gasteiger partial charge on any atom is 0.230 e. The molecule has 0 radical (unpaired) electrons. The summed E-state index contributed by atoms with van der Waals surface area (Å²) in [5.41, 5.74) is 6.76. The molecule has 1 aliphatic rings. The van der Waals surface area contributed by atoms with E-state index in [0.717, 1.165) is 6.42 Å². The van der Waals surface area contributed by atoms with E-state index in [2.05, 4.69) is 5.32 Å². The second-order valence-electron chi connectivity index (χ2n) is 4.20. The summed E-state index contributed by atoms with van der Waals surface area (Å²) in [6.45, 7) is 2.55. The monoisotopic (exact) mass is 254 g/mol. The quantitative estimate of drug-likeness (QED) is 0.796. The number of carbonyl (C=O) groups is 1. The van der Waals surface area contributed by atoms with Crippen molar-refractivity contribution in [2.75, 3.05) is 17.7 Å². The molecule has 0 aliphatic carbocycles. The highest BCUT2D eigenvalue weighted by Crippen LogP contribution is 2.25. The molecular weight excluding hydrogens is 240 g/mol. The minimum Gasteiger partial charge on any atom is -0.398 e. The van der Waals surface area contributed by atoms with Crippen LogP contribution in [0.5, 0.6) is 0 Å². The minimum atomic E-state index is -0.0914. The Morgan fingerprint density at radius 3 is 2.94 bits per heavy atom. The van der Waals surface area contributed by atoms with Gasteiger partial charge in [-0.05, 0) is 31.5 Å². The Morgan fingerprint density at radius 2 is 2.35 bits per heavy atom. The van der Waals surface area contributed by atoms with Gasteiger partial charge in [0.05, 0.1) is 22.7 Å². The fourth-order valence-electron chi connectivity index (χ4n) is 1.92. The van der Waals surface area contributed by atoms with Crippen molar-refractivity contribution in [2.24, 2.45) is 5.92 Å². The van der Waals surface area contributed by atoms with Crippen molar-refractivity contribution >= 4 is 28.9 Å². The predicted octanol–water partition coefficient (Wildman–Crippen LogP) is 2.29. The highest BCUT2D eigenvalue weighted by atomic mass is 35.5. The largest absolute Gasteiger partial charge is 0.398 e. The van der Waals surface area contributed by atoms with E-state index in [1.54, 1.807) is 18.2 Å². The third-order valence-corrected chi connectivity index (χ3v) is 3.31. The second-order valence-corrected chi connectivity index (χ2v) is 4.60. The van der Waals surface area contributed by atoms with Crippen molar-refractivity contribution in [3.63, 3.8) is 0 Å². The lowest BCUT2D eigenvalue weighted by Gasteiger charge is -2.14. The zero-order valence-electron chi connectivity index (χ0n) is 9.57. The van der Waals surface area contributed by atoms with Gasteiger partial charge in [-0.1, -0.05) is 11.6 Å². The van der Waals surface area contributed by atoms with Crippen LogP contribution < -0.4 is 11.1 Å². The van der Waals surface area contributed by atoms with Crippen LogP contribution in [0.2, 0.25) is 5.02 Å². The number of rotatable bonds is 2. The molecule has 5 heteroatoms. The molecule has 2 atom stereocenters. The Morgan fingerprint density at radius 1 is 1.59 bits per heavy atom. The number of carbonyl (C=O) groups excluding carboxylic acids is 1. The van der Waals surface area contributed by atoms with E-state index in [9.17, 15) is 4.79 Å². The van der Waals surface area contributed by atoms with E-state index in [1.165, 1.54) is 0 Å². The third kappa shape index (κ3) is 2.70. The van der Waals surface area contributed by atoms with Gasteiger partial charge in [-0.2, -0.15) is 0 Å². The first-order valence-electron chi connectivity index (χ1n) is 5.55. The molecule has 1 aromatic carbocycles. The molecule has 1 aromatic rings. The molecule has 1 saturated heterocycles. The fourth-order valence-corrected chi connectivity index (χ4v) is 2.10. The number of halogens is 1. The summed E-state index contributed by atoms with van der Waals surface area (Å²) in [5, 5.41) is 3.27. The van der Waals surface area contributed by atoms with E-state index in [0.29, 0.717) is 23.0 Å². The van der Waals surface area contributed by atoms with Gasteiger partial charge in [0.15, 0.2) is 0 Å². The van der Waals surface area contributed by atoms with Crippen LogP contribution in [0, 0.1) is 5.92 Å². The summed E-state index contributed by atoms with van der Waals surface area (Å²) >= 11 is 5.88. The van der Waals surface area contributed by atoms with Crippen molar-refractivity contribution < 1.29 is 9.53 Å². The Labute approximate surface area is 105 Å². The average Bonchev–Trinajstić information content (AvgIpc) is 2.70. The van der Waals surface area contributed by atoms with Gasteiger partial charge in [-0.15, -0.1) is 0 Å². The van der Waals surface area contributed by atoms with Crippen molar-refractivity contribution in [3.8, 4) is 0 Å². The number of nitrogen functional groups attached to an aromatic ring is 1. The molecule has 1 fully saturated rings. The molecule has 4 nitrogen and oxygen atoms in total. The molecule has 1 heterocycles. The molecule has 0 aromatic heterocycles. The lowest BCUT2D eigenvalue weighted by Crippen LogP contribution is -2.27. The lowest BCUT2D eigenvalue weighted by molar-refractivity contribution is -0.121. The van der Waals surface area contributed by atoms with Crippen molar-refractivity contribution in [2.45, 2.75) is 19.4 Å². The predicted molar refractivity (Wildman–Crippen MR) is 68.0 cm³/mol. The van der Waals surface area contributed by atoms with E-state index >= 15 is 0 Å². The number of ether oxygens (including phenoxy) is 1. The van der Waals surface area contributed by atoms with Crippen LogP contribution in [-0.4, -0.2) is 18.6 Å². The SMILES string of the molecule is CC1OCCC1C(=O)Nc1ccc(N)c(Cl)c1. The van der Waals surface area contributed by atoms with Crippen LogP contribution in [0.4, 0.5) is 11.4 Å². The van der Waals surface area contributed by atoms with Crippen LogP contribution in [0.3, 0.4) is 0 Å². The van der Waals surface area contributed by atoms with Crippen molar-refractivity contribution in [1.82, 2.24) is 0 Å². The molecule has 0 saturated carbocycles. The van der Waals surface area contributed by atoms with Crippen LogP contribution in [0.25, 0.3) is 0 Å². The maximum absolute atomic E-state index is 12.0. The second kappa shape index (κ2) is 4.94. The minimum absolute atomic E-state index is 0.0285. The first kappa shape index (κ1) is 12.2. The van der Waals surface area contributed by atoms with Gasteiger partial charge in [0.25, 0.3) is 0 Å². The van der Waals surface area contributed by atoms with E-state index in [1.807, 2.05) is 6.92 Å². The number of amides is 1. The van der Waals surface area contributed by atoms with Gasteiger partial charge < -0.3 is 15.8 Å². The summed E-state index contributed by atoms with van der Waals surface area (Å²) in [4.78, 5) is 12.0. The number of hydrogen-bond donors (Lipinski definition) is 2. The van der Waals surface area contributed by atoms with Crippen LogP contribution in [0.15, 0.2) is 18.2 Å². The van der Waals surface area contributed by atoms with Crippen molar-refractivity contribution in [1.29, 1.82) is 0 Å². The number of nitrogens with one attached hydrogen (secondary N) is 1. The molecule has 2 unspecified atom stereocenters. The number of nitrogens with two attached hydrogens (primary N) is 1. The highest BCUT2D eigenvalue weighted by Gasteiger charge is 2.30. The maximum atomic E-state index is 12.0. The van der Waals surface area contributed by atoms with E-state index < -0.39 is 0 Å². The summed E-state index contributed by atoms with van der Waals surface area (Å²) in [6, 6.07) is 5.06. The Kier molecular flexibility index (Phi) is 3.54. The first-order chi connectivity index (χ1) is 8.08. The van der Waals surface area contributed by atoms with E-state index in [-0.39, 0.29) is 17.9 Å². The van der Waals surface area contributed by atoms with Gasteiger partial charge in [0.1, 0.15) is 0 Å². The molecule has 3 N–H and O–H groups in total. The van der Waals surface area contributed by atoms with Crippen LogP contribution >= 0.6 is 11.6 Å². The summed E-state index contributed by atoms with van der Waals surface area (Å²) in [7, 11) is 0. The normalized spacial score (nSPS) is 23.6. The lowest BCUT2D eigenvalue weighted by atomic mass is 10.0.